The highest BCUT2D eigenvalue weighted by Crippen LogP contribution is 2.40. The summed E-state index contributed by atoms with van der Waals surface area (Å²) >= 11 is 0. The number of halogens is 1. The summed E-state index contributed by atoms with van der Waals surface area (Å²) in [6.45, 7) is 6.85. The largest absolute Gasteiger partial charge is 0.367 e. The van der Waals surface area contributed by atoms with Gasteiger partial charge in [0.1, 0.15) is 11.4 Å². The van der Waals surface area contributed by atoms with Gasteiger partial charge in [-0.3, -0.25) is 0 Å². The fourth-order valence-corrected chi connectivity index (χ4v) is 3.28. The number of nitrogens with zero attached hydrogens (tertiary/aromatic N) is 1. The van der Waals surface area contributed by atoms with Crippen LogP contribution in [-0.2, 0) is 0 Å². The first-order chi connectivity index (χ1) is 9.85. The summed E-state index contributed by atoms with van der Waals surface area (Å²) in [4.78, 5) is 0. The van der Waals surface area contributed by atoms with Gasteiger partial charge in [-0.25, -0.2) is 4.39 Å². The van der Waals surface area contributed by atoms with Crippen molar-refractivity contribution in [1.29, 1.82) is 5.26 Å². The lowest BCUT2D eigenvalue weighted by Gasteiger charge is -2.31. The number of nitriles is 1. The van der Waals surface area contributed by atoms with Crippen molar-refractivity contribution in [3.63, 3.8) is 0 Å². The summed E-state index contributed by atoms with van der Waals surface area (Å²) in [6, 6.07) is 8.77. The Labute approximate surface area is 127 Å². The van der Waals surface area contributed by atoms with E-state index in [0.717, 1.165) is 31.4 Å². The molecule has 0 aromatic heterocycles. The van der Waals surface area contributed by atoms with E-state index in [4.69, 9.17) is 0 Å². The van der Waals surface area contributed by atoms with E-state index in [-0.39, 0.29) is 5.82 Å². The van der Waals surface area contributed by atoms with Crippen LogP contribution in [0.2, 0.25) is 0 Å². The maximum absolute atomic E-state index is 13.0. The molecule has 0 spiro atoms. The van der Waals surface area contributed by atoms with Gasteiger partial charge >= 0.3 is 0 Å². The van der Waals surface area contributed by atoms with E-state index in [1.54, 1.807) is 12.1 Å². The minimum absolute atomic E-state index is 0.250. The van der Waals surface area contributed by atoms with Crippen LogP contribution in [0.3, 0.4) is 0 Å². The van der Waals surface area contributed by atoms with Crippen molar-refractivity contribution >= 4 is 5.69 Å². The molecule has 0 heterocycles. The van der Waals surface area contributed by atoms with Crippen LogP contribution < -0.4 is 5.32 Å². The molecule has 114 valence electrons. The maximum Gasteiger partial charge on any atom is 0.125 e. The Morgan fingerprint density at radius 3 is 2.43 bits per heavy atom. The zero-order valence-electron chi connectivity index (χ0n) is 13.2. The third kappa shape index (κ3) is 3.97. The molecule has 0 aliphatic heterocycles. The monoisotopic (exact) mass is 288 g/mol. The Balaban J connectivity index is 2.11. The molecule has 21 heavy (non-hydrogen) atoms. The molecule has 1 saturated carbocycles. The fraction of sp³-hybridized carbons (Fsp3) is 0.611. The summed E-state index contributed by atoms with van der Waals surface area (Å²) in [5, 5.41) is 13.0. The highest BCUT2D eigenvalue weighted by Gasteiger charge is 2.36. The van der Waals surface area contributed by atoms with E-state index in [0.29, 0.717) is 11.3 Å². The van der Waals surface area contributed by atoms with Crippen molar-refractivity contribution in [1.82, 2.24) is 0 Å². The minimum Gasteiger partial charge on any atom is -0.367 e. The third-order valence-electron chi connectivity index (χ3n) is 4.74. The molecule has 0 amide bonds. The summed E-state index contributed by atoms with van der Waals surface area (Å²) in [7, 11) is 0. The van der Waals surface area contributed by atoms with E-state index in [9.17, 15) is 9.65 Å². The number of benzene rings is 1. The average molecular weight is 288 g/mol. The first-order valence-electron chi connectivity index (χ1n) is 7.80. The van der Waals surface area contributed by atoms with E-state index < -0.39 is 5.54 Å². The van der Waals surface area contributed by atoms with Gasteiger partial charge in [0.15, 0.2) is 0 Å². The van der Waals surface area contributed by atoms with Gasteiger partial charge < -0.3 is 5.32 Å². The quantitative estimate of drug-likeness (QED) is 0.766. The Morgan fingerprint density at radius 1 is 1.19 bits per heavy atom. The predicted molar refractivity (Wildman–Crippen MR) is 84.4 cm³/mol. The van der Waals surface area contributed by atoms with E-state index in [2.05, 4.69) is 32.2 Å². The molecule has 0 bridgehead atoms. The van der Waals surface area contributed by atoms with Gasteiger partial charge in [-0.15, -0.1) is 0 Å². The van der Waals surface area contributed by atoms with Crippen LogP contribution in [0.4, 0.5) is 10.1 Å². The first-order valence-corrected chi connectivity index (χ1v) is 7.80. The highest BCUT2D eigenvalue weighted by molar-refractivity contribution is 5.47. The molecule has 1 aromatic rings. The molecule has 3 heteroatoms. The number of rotatable bonds is 2. The molecule has 1 N–H and O–H groups in total. The number of hydrogen-bond acceptors (Lipinski definition) is 2. The summed E-state index contributed by atoms with van der Waals surface area (Å²) < 4.78 is 13.0. The maximum atomic E-state index is 13.0. The molecule has 1 fully saturated rings. The standard InChI is InChI=1S/C18H25FN2/c1-17(2,3)14-5-4-11-18(13-20,12-10-14)21-16-8-6-15(19)7-9-16/h6-9,14,21H,4-5,10-12H2,1-3H3. The van der Waals surface area contributed by atoms with Crippen molar-refractivity contribution in [2.24, 2.45) is 11.3 Å². The van der Waals surface area contributed by atoms with Crippen molar-refractivity contribution in [2.45, 2.75) is 58.4 Å². The van der Waals surface area contributed by atoms with E-state index in [1.165, 1.54) is 18.6 Å². The molecule has 2 rings (SSSR count). The topological polar surface area (TPSA) is 35.8 Å². The lowest BCUT2D eigenvalue weighted by atomic mass is 9.76. The molecular weight excluding hydrogens is 263 g/mol. The number of nitrogens with one attached hydrogen (secondary N) is 1. The van der Waals surface area contributed by atoms with Crippen molar-refractivity contribution in [3.05, 3.63) is 30.1 Å². The third-order valence-corrected chi connectivity index (χ3v) is 4.74. The lowest BCUT2D eigenvalue weighted by Crippen LogP contribution is -2.36. The van der Waals surface area contributed by atoms with Gasteiger partial charge in [-0.05, 0) is 67.7 Å². The highest BCUT2D eigenvalue weighted by atomic mass is 19.1. The Bertz CT molecular complexity index is 510. The second kappa shape index (κ2) is 6.05. The molecule has 2 unspecified atom stereocenters. The molecule has 1 aromatic carbocycles. The molecule has 1 aliphatic carbocycles. The summed E-state index contributed by atoms with van der Waals surface area (Å²) in [6.07, 6.45) is 5.00. The van der Waals surface area contributed by atoms with Crippen LogP contribution in [0.15, 0.2) is 24.3 Å². The molecular formula is C18H25FN2. The Kier molecular flexibility index (Phi) is 4.56. The van der Waals surface area contributed by atoms with Crippen LogP contribution in [0.25, 0.3) is 0 Å². The van der Waals surface area contributed by atoms with Crippen molar-refractivity contribution < 1.29 is 4.39 Å². The number of anilines is 1. The van der Waals surface area contributed by atoms with Gasteiger partial charge in [-0.1, -0.05) is 20.8 Å². The number of hydrogen-bond donors (Lipinski definition) is 1. The minimum atomic E-state index is -0.516. The van der Waals surface area contributed by atoms with Gasteiger partial charge in [-0.2, -0.15) is 5.26 Å². The van der Waals surface area contributed by atoms with Gasteiger partial charge in [0.05, 0.1) is 6.07 Å². The first kappa shape index (κ1) is 15.8. The predicted octanol–water partition coefficient (Wildman–Crippen LogP) is 5.13. The summed E-state index contributed by atoms with van der Waals surface area (Å²) in [5.74, 6) is 0.406. The van der Waals surface area contributed by atoms with Crippen molar-refractivity contribution in [2.75, 3.05) is 5.32 Å². The van der Waals surface area contributed by atoms with E-state index >= 15 is 0 Å². The van der Waals surface area contributed by atoms with Crippen LogP contribution in [-0.4, -0.2) is 5.54 Å². The van der Waals surface area contributed by atoms with E-state index in [1.807, 2.05) is 0 Å². The van der Waals surface area contributed by atoms with Gasteiger partial charge in [0.25, 0.3) is 0 Å². The Hall–Kier alpha value is -1.56. The zero-order valence-corrected chi connectivity index (χ0v) is 13.2. The normalized spacial score (nSPS) is 26.7. The SMILES string of the molecule is CC(C)(C)C1CCCC(C#N)(Nc2ccc(F)cc2)CC1. The molecule has 0 radical (unpaired) electrons. The second-order valence-electron chi connectivity index (χ2n) is 7.32. The second-order valence-corrected chi connectivity index (χ2v) is 7.32. The summed E-state index contributed by atoms with van der Waals surface area (Å²) in [5.41, 5.74) is 0.603. The smallest absolute Gasteiger partial charge is 0.125 e. The van der Waals surface area contributed by atoms with Gasteiger partial charge in [0.2, 0.25) is 0 Å². The average Bonchev–Trinajstić information content (AvgIpc) is 2.64. The Morgan fingerprint density at radius 2 is 1.86 bits per heavy atom. The molecule has 1 aliphatic rings. The van der Waals surface area contributed by atoms with Crippen LogP contribution in [0.5, 0.6) is 0 Å². The zero-order chi connectivity index (χ0) is 15.5. The fourth-order valence-electron chi connectivity index (χ4n) is 3.28. The van der Waals surface area contributed by atoms with Gasteiger partial charge in [0, 0.05) is 5.69 Å². The molecule has 0 saturated heterocycles. The lowest BCUT2D eigenvalue weighted by molar-refractivity contribution is 0.213. The molecule has 2 nitrogen and oxygen atoms in total. The van der Waals surface area contributed by atoms with Crippen LogP contribution >= 0.6 is 0 Å². The van der Waals surface area contributed by atoms with Crippen LogP contribution in [0, 0.1) is 28.5 Å². The molecule has 2 atom stereocenters. The van der Waals surface area contributed by atoms with Crippen LogP contribution in [0.1, 0.15) is 52.9 Å². The van der Waals surface area contributed by atoms with Crippen molar-refractivity contribution in [3.8, 4) is 6.07 Å².